The fourth-order valence-corrected chi connectivity index (χ4v) is 2.47. The third-order valence-electron chi connectivity index (χ3n) is 2.48. The van der Waals surface area contributed by atoms with Gasteiger partial charge in [-0.15, -0.1) is 10.2 Å². The Hall–Kier alpha value is -1.60. The molecule has 0 radical (unpaired) electrons. The number of rotatable bonds is 2. The summed E-state index contributed by atoms with van der Waals surface area (Å²) in [6.07, 6.45) is 5.00. The average molecular weight is 249 g/mol. The van der Waals surface area contributed by atoms with E-state index in [0.29, 0.717) is 0 Å². The van der Waals surface area contributed by atoms with E-state index < -0.39 is 0 Å². The van der Waals surface area contributed by atoms with Crippen molar-refractivity contribution in [2.45, 2.75) is 0 Å². The minimum absolute atomic E-state index is 0.750. The molecule has 0 unspecified atom stereocenters. The van der Waals surface area contributed by atoms with Gasteiger partial charge >= 0.3 is 0 Å². The van der Waals surface area contributed by atoms with Crippen LogP contribution in [0.25, 0.3) is 10.7 Å². The second-order valence-corrected chi connectivity index (χ2v) is 4.54. The van der Waals surface area contributed by atoms with E-state index in [1.54, 1.807) is 18.6 Å². The van der Waals surface area contributed by atoms with Crippen molar-refractivity contribution in [3.05, 3.63) is 18.6 Å². The van der Waals surface area contributed by atoms with Crippen LogP contribution in [0.2, 0.25) is 0 Å². The molecule has 1 fully saturated rings. The zero-order valence-electron chi connectivity index (χ0n) is 9.11. The normalized spacial score (nSPS) is 16.1. The van der Waals surface area contributed by atoms with Gasteiger partial charge in [0, 0.05) is 25.5 Å². The Balaban J connectivity index is 1.83. The number of ether oxygens (including phenoxy) is 1. The van der Waals surface area contributed by atoms with E-state index in [1.165, 1.54) is 11.3 Å². The lowest BCUT2D eigenvalue weighted by molar-refractivity contribution is 0.122. The van der Waals surface area contributed by atoms with E-state index in [0.717, 1.165) is 42.1 Å². The molecule has 7 heteroatoms. The van der Waals surface area contributed by atoms with Crippen molar-refractivity contribution in [1.82, 2.24) is 20.2 Å². The standard InChI is InChI=1S/C10H11N5OS/c1-2-12-8(7-11-1)9-13-14-10(17-9)15-3-5-16-6-4-15/h1-2,7H,3-6H2. The number of hydrogen-bond donors (Lipinski definition) is 0. The van der Waals surface area contributed by atoms with E-state index in [-0.39, 0.29) is 0 Å². The first-order chi connectivity index (χ1) is 8.43. The highest BCUT2D eigenvalue weighted by Gasteiger charge is 2.16. The highest BCUT2D eigenvalue weighted by atomic mass is 32.1. The molecule has 6 nitrogen and oxygen atoms in total. The predicted octanol–water partition coefficient (Wildman–Crippen LogP) is 0.832. The Morgan fingerprint density at radius 1 is 1.18 bits per heavy atom. The van der Waals surface area contributed by atoms with E-state index in [2.05, 4.69) is 25.1 Å². The van der Waals surface area contributed by atoms with Crippen molar-refractivity contribution in [2.24, 2.45) is 0 Å². The molecule has 0 N–H and O–H groups in total. The number of morpholine rings is 1. The molecule has 0 amide bonds. The molecule has 0 aliphatic carbocycles. The summed E-state index contributed by atoms with van der Waals surface area (Å²) in [6, 6.07) is 0. The summed E-state index contributed by atoms with van der Waals surface area (Å²) < 4.78 is 5.31. The fourth-order valence-electron chi connectivity index (χ4n) is 1.61. The van der Waals surface area contributed by atoms with Gasteiger partial charge in [-0.05, 0) is 0 Å². The molecule has 0 aromatic carbocycles. The molecular weight excluding hydrogens is 238 g/mol. The Morgan fingerprint density at radius 2 is 2.06 bits per heavy atom. The third-order valence-corrected chi connectivity index (χ3v) is 3.48. The van der Waals surface area contributed by atoms with Gasteiger partial charge in [-0.1, -0.05) is 11.3 Å². The molecule has 1 aliphatic rings. The average Bonchev–Trinajstić information content (AvgIpc) is 2.90. The first-order valence-electron chi connectivity index (χ1n) is 5.36. The van der Waals surface area contributed by atoms with Crippen molar-refractivity contribution in [2.75, 3.05) is 31.2 Å². The van der Waals surface area contributed by atoms with Gasteiger partial charge in [-0.3, -0.25) is 9.97 Å². The van der Waals surface area contributed by atoms with Gasteiger partial charge in [0.15, 0.2) is 5.01 Å². The van der Waals surface area contributed by atoms with Gasteiger partial charge in [0.05, 0.1) is 19.4 Å². The maximum atomic E-state index is 5.31. The monoisotopic (exact) mass is 249 g/mol. The molecule has 17 heavy (non-hydrogen) atoms. The van der Waals surface area contributed by atoms with Crippen LogP contribution in [0.15, 0.2) is 18.6 Å². The van der Waals surface area contributed by atoms with Crippen molar-refractivity contribution in [3.8, 4) is 10.7 Å². The summed E-state index contributed by atoms with van der Waals surface area (Å²) in [4.78, 5) is 10.4. The minimum Gasteiger partial charge on any atom is -0.378 e. The highest BCUT2D eigenvalue weighted by molar-refractivity contribution is 7.18. The Bertz CT molecular complexity index is 482. The van der Waals surface area contributed by atoms with Crippen LogP contribution in [-0.2, 0) is 4.74 Å². The van der Waals surface area contributed by atoms with Gasteiger partial charge in [-0.2, -0.15) is 0 Å². The maximum Gasteiger partial charge on any atom is 0.208 e. The lowest BCUT2D eigenvalue weighted by atomic mass is 10.5. The fraction of sp³-hybridized carbons (Fsp3) is 0.400. The number of nitrogens with zero attached hydrogens (tertiary/aromatic N) is 5. The van der Waals surface area contributed by atoms with Gasteiger partial charge in [0.2, 0.25) is 5.13 Å². The molecule has 1 aliphatic heterocycles. The van der Waals surface area contributed by atoms with Gasteiger partial charge in [-0.25, -0.2) is 0 Å². The SMILES string of the molecule is c1cnc(-c2nnc(N3CCOCC3)s2)cn1. The van der Waals surface area contributed by atoms with Crippen molar-refractivity contribution >= 4 is 16.5 Å². The first kappa shape index (κ1) is 10.5. The number of aromatic nitrogens is 4. The van der Waals surface area contributed by atoms with E-state index >= 15 is 0 Å². The molecule has 0 spiro atoms. The van der Waals surface area contributed by atoms with Gasteiger partial charge in [0.25, 0.3) is 0 Å². The predicted molar refractivity (Wildman–Crippen MR) is 64.0 cm³/mol. The smallest absolute Gasteiger partial charge is 0.208 e. The van der Waals surface area contributed by atoms with Crippen LogP contribution < -0.4 is 4.90 Å². The Kier molecular flexibility index (Phi) is 2.93. The largest absolute Gasteiger partial charge is 0.378 e. The molecule has 0 bridgehead atoms. The van der Waals surface area contributed by atoms with E-state index in [4.69, 9.17) is 4.74 Å². The highest BCUT2D eigenvalue weighted by Crippen LogP contribution is 2.27. The van der Waals surface area contributed by atoms with Crippen LogP contribution >= 0.6 is 11.3 Å². The lowest BCUT2D eigenvalue weighted by Crippen LogP contribution is -2.36. The number of hydrogen-bond acceptors (Lipinski definition) is 7. The van der Waals surface area contributed by atoms with Crippen LogP contribution in [0.5, 0.6) is 0 Å². The molecule has 2 aromatic rings. The summed E-state index contributed by atoms with van der Waals surface area (Å²) >= 11 is 1.54. The topological polar surface area (TPSA) is 64.0 Å². The van der Waals surface area contributed by atoms with E-state index in [9.17, 15) is 0 Å². The zero-order chi connectivity index (χ0) is 11.5. The third kappa shape index (κ3) is 2.25. The van der Waals surface area contributed by atoms with Crippen molar-refractivity contribution in [3.63, 3.8) is 0 Å². The summed E-state index contributed by atoms with van der Waals surface area (Å²) in [7, 11) is 0. The molecule has 3 rings (SSSR count). The summed E-state index contributed by atoms with van der Waals surface area (Å²) in [6.45, 7) is 3.24. The molecule has 2 aromatic heterocycles. The summed E-state index contributed by atoms with van der Waals surface area (Å²) in [5.41, 5.74) is 0.768. The van der Waals surface area contributed by atoms with Crippen LogP contribution in [0.4, 0.5) is 5.13 Å². The van der Waals surface area contributed by atoms with Gasteiger partial charge in [0.1, 0.15) is 5.69 Å². The molecule has 88 valence electrons. The van der Waals surface area contributed by atoms with Crippen LogP contribution in [0.3, 0.4) is 0 Å². The second-order valence-electron chi connectivity index (χ2n) is 3.58. The van der Waals surface area contributed by atoms with Crippen molar-refractivity contribution < 1.29 is 4.74 Å². The summed E-state index contributed by atoms with van der Waals surface area (Å²) in [5.74, 6) is 0. The Labute approximate surface area is 102 Å². The quantitative estimate of drug-likeness (QED) is 0.785. The van der Waals surface area contributed by atoms with Crippen molar-refractivity contribution in [1.29, 1.82) is 0 Å². The summed E-state index contributed by atoms with van der Waals surface area (Å²) in [5, 5.41) is 10.1. The maximum absolute atomic E-state index is 5.31. The van der Waals surface area contributed by atoms with Gasteiger partial charge < -0.3 is 9.64 Å². The van der Waals surface area contributed by atoms with Crippen LogP contribution in [0, 0.1) is 0 Å². The lowest BCUT2D eigenvalue weighted by Gasteiger charge is -2.25. The Morgan fingerprint density at radius 3 is 2.82 bits per heavy atom. The molecule has 1 saturated heterocycles. The van der Waals surface area contributed by atoms with Crippen LogP contribution in [-0.4, -0.2) is 46.5 Å². The first-order valence-corrected chi connectivity index (χ1v) is 6.18. The van der Waals surface area contributed by atoms with E-state index in [1.807, 2.05) is 0 Å². The molecule has 0 saturated carbocycles. The number of anilines is 1. The molecular formula is C10H11N5OS. The second kappa shape index (κ2) is 4.72. The zero-order valence-corrected chi connectivity index (χ0v) is 9.93. The molecule has 0 atom stereocenters. The van der Waals surface area contributed by atoms with Crippen LogP contribution in [0.1, 0.15) is 0 Å². The molecule has 3 heterocycles. The minimum atomic E-state index is 0.750.